The SMILES string of the molecule is Cn1cc(-c2cc3c(-c4nc5c(-c6ccncc6)nccc5[nH]4)n[nH]c3cn2)cn1. The minimum atomic E-state index is 0.669. The first kappa shape index (κ1) is 16.5. The number of aromatic nitrogens is 9. The number of pyridine rings is 3. The maximum atomic E-state index is 4.83. The highest BCUT2D eigenvalue weighted by Gasteiger charge is 2.17. The summed E-state index contributed by atoms with van der Waals surface area (Å²) in [5.74, 6) is 0.669. The van der Waals surface area contributed by atoms with Crippen LogP contribution >= 0.6 is 0 Å². The molecule has 0 amide bonds. The molecular formula is C21H15N9. The van der Waals surface area contributed by atoms with Crippen molar-refractivity contribution >= 4 is 21.9 Å². The van der Waals surface area contributed by atoms with Crippen molar-refractivity contribution in [2.24, 2.45) is 7.05 Å². The lowest BCUT2D eigenvalue weighted by atomic mass is 10.1. The fraction of sp³-hybridized carbons (Fsp3) is 0.0476. The summed E-state index contributed by atoms with van der Waals surface area (Å²) >= 11 is 0. The molecule has 0 bridgehead atoms. The topological polar surface area (TPSA) is 114 Å². The Labute approximate surface area is 169 Å². The lowest BCUT2D eigenvalue weighted by molar-refractivity contribution is 0.768. The van der Waals surface area contributed by atoms with Crippen molar-refractivity contribution in [3.05, 3.63) is 61.4 Å². The molecular weight excluding hydrogens is 378 g/mol. The Kier molecular flexibility index (Phi) is 3.48. The van der Waals surface area contributed by atoms with Crippen LogP contribution in [-0.2, 0) is 7.05 Å². The Morgan fingerprint density at radius 1 is 0.900 bits per heavy atom. The van der Waals surface area contributed by atoms with Gasteiger partial charge in [0.15, 0.2) is 5.82 Å². The zero-order chi connectivity index (χ0) is 20.1. The number of hydrogen-bond donors (Lipinski definition) is 2. The van der Waals surface area contributed by atoms with E-state index in [-0.39, 0.29) is 0 Å². The molecule has 0 aliphatic carbocycles. The molecule has 0 unspecified atom stereocenters. The molecule has 0 aromatic carbocycles. The summed E-state index contributed by atoms with van der Waals surface area (Å²) in [7, 11) is 1.88. The molecule has 0 radical (unpaired) electrons. The van der Waals surface area contributed by atoms with Gasteiger partial charge < -0.3 is 4.98 Å². The van der Waals surface area contributed by atoms with Gasteiger partial charge in [0.2, 0.25) is 0 Å². The van der Waals surface area contributed by atoms with E-state index in [9.17, 15) is 0 Å². The summed E-state index contributed by atoms with van der Waals surface area (Å²) in [6.07, 6.45) is 10.8. The molecule has 0 atom stereocenters. The average Bonchev–Trinajstić information content (AvgIpc) is 3.50. The van der Waals surface area contributed by atoms with Gasteiger partial charge in [0, 0.05) is 48.3 Å². The number of aromatic amines is 2. The highest BCUT2D eigenvalue weighted by molar-refractivity contribution is 5.96. The summed E-state index contributed by atoms with van der Waals surface area (Å²) in [5.41, 5.74) is 6.79. The van der Waals surface area contributed by atoms with Crippen LogP contribution in [0.15, 0.2) is 61.4 Å². The van der Waals surface area contributed by atoms with Crippen LogP contribution in [0.5, 0.6) is 0 Å². The zero-order valence-electron chi connectivity index (χ0n) is 15.9. The van der Waals surface area contributed by atoms with Crippen molar-refractivity contribution in [3.8, 4) is 34.0 Å². The van der Waals surface area contributed by atoms with Crippen molar-refractivity contribution in [3.63, 3.8) is 0 Å². The van der Waals surface area contributed by atoms with Crippen LogP contribution in [0.4, 0.5) is 0 Å². The van der Waals surface area contributed by atoms with Gasteiger partial charge in [0.1, 0.15) is 11.2 Å². The molecule has 6 rings (SSSR count). The molecule has 2 N–H and O–H groups in total. The second-order valence-electron chi connectivity index (χ2n) is 6.97. The molecule has 30 heavy (non-hydrogen) atoms. The van der Waals surface area contributed by atoms with Crippen molar-refractivity contribution in [1.29, 1.82) is 0 Å². The number of rotatable bonds is 3. The van der Waals surface area contributed by atoms with E-state index in [2.05, 4.69) is 35.2 Å². The predicted molar refractivity (Wildman–Crippen MR) is 112 cm³/mol. The highest BCUT2D eigenvalue weighted by atomic mass is 15.2. The number of fused-ring (bicyclic) bond motifs is 2. The predicted octanol–water partition coefficient (Wildman–Crippen LogP) is 3.36. The van der Waals surface area contributed by atoms with Gasteiger partial charge in [-0.3, -0.25) is 24.7 Å². The van der Waals surface area contributed by atoms with Crippen molar-refractivity contribution in [2.75, 3.05) is 0 Å². The third-order valence-corrected chi connectivity index (χ3v) is 5.03. The standard InChI is InChI=1S/C21H15N9/c1-30-11-13(9-25-30)16-8-14-17(10-24-16)28-29-19(14)21-26-15-4-7-23-18(20(15)27-21)12-2-5-22-6-3-12/h2-11H,1H3,(H,26,27)(H,28,29). The normalized spacial score (nSPS) is 11.5. The first-order valence-electron chi connectivity index (χ1n) is 9.35. The second kappa shape index (κ2) is 6.31. The third-order valence-electron chi connectivity index (χ3n) is 5.03. The van der Waals surface area contributed by atoms with Crippen molar-refractivity contribution in [2.45, 2.75) is 0 Å². The minimum absolute atomic E-state index is 0.669. The maximum absolute atomic E-state index is 4.83. The molecule has 0 saturated carbocycles. The fourth-order valence-electron chi connectivity index (χ4n) is 3.58. The Balaban J connectivity index is 1.52. The van der Waals surface area contributed by atoms with Crippen LogP contribution in [0.2, 0.25) is 0 Å². The van der Waals surface area contributed by atoms with Crippen molar-refractivity contribution < 1.29 is 0 Å². The van der Waals surface area contributed by atoms with E-state index >= 15 is 0 Å². The molecule has 9 heteroatoms. The number of nitrogens with one attached hydrogen (secondary N) is 2. The first-order valence-corrected chi connectivity index (χ1v) is 9.35. The molecule has 6 aromatic rings. The summed E-state index contributed by atoms with van der Waals surface area (Å²) in [5, 5.41) is 12.7. The Morgan fingerprint density at radius 3 is 2.63 bits per heavy atom. The van der Waals surface area contributed by atoms with Gasteiger partial charge in [-0.2, -0.15) is 10.2 Å². The van der Waals surface area contributed by atoms with Gasteiger partial charge >= 0.3 is 0 Å². The van der Waals surface area contributed by atoms with Gasteiger partial charge in [0.25, 0.3) is 0 Å². The number of imidazole rings is 1. The van der Waals surface area contributed by atoms with Crippen LogP contribution in [0.1, 0.15) is 0 Å². The van der Waals surface area contributed by atoms with E-state index < -0.39 is 0 Å². The molecule has 9 nitrogen and oxygen atoms in total. The molecule has 0 aliphatic heterocycles. The number of nitrogens with zero attached hydrogens (tertiary/aromatic N) is 7. The van der Waals surface area contributed by atoms with E-state index in [0.717, 1.165) is 50.1 Å². The molecule has 144 valence electrons. The summed E-state index contributed by atoms with van der Waals surface area (Å²) in [4.78, 5) is 21.3. The van der Waals surface area contributed by atoms with Crippen LogP contribution < -0.4 is 0 Å². The van der Waals surface area contributed by atoms with Crippen LogP contribution in [0.25, 0.3) is 56.0 Å². The van der Waals surface area contributed by atoms with E-state index in [1.54, 1.807) is 35.7 Å². The number of H-pyrrole nitrogens is 2. The largest absolute Gasteiger partial charge is 0.336 e. The molecule has 0 spiro atoms. The van der Waals surface area contributed by atoms with Gasteiger partial charge in [-0.05, 0) is 24.3 Å². The van der Waals surface area contributed by atoms with Crippen LogP contribution in [0.3, 0.4) is 0 Å². The first-order chi connectivity index (χ1) is 14.8. The lowest BCUT2D eigenvalue weighted by Gasteiger charge is -2.00. The van der Waals surface area contributed by atoms with Crippen LogP contribution in [-0.4, -0.2) is 44.9 Å². The van der Waals surface area contributed by atoms with Crippen molar-refractivity contribution in [1.82, 2.24) is 44.9 Å². The highest BCUT2D eigenvalue weighted by Crippen LogP contribution is 2.31. The molecule has 0 fully saturated rings. The molecule has 0 aliphatic rings. The van der Waals surface area contributed by atoms with E-state index in [1.807, 2.05) is 37.5 Å². The van der Waals surface area contributed by atoms with Crippen LogP contribution in [0, 0.1) is 0 Å². The molecule has 6 aromatic heterocycles. The monoisotopic (exact) mass is 393 g/mol. The fourth-order valence-corrected chi connectivity index (χ4v) is 3.58. The van der Waals surface area contributed by atoms with E-state index in [4.69, 9.17) is 4.98 Å². The quantitative estimate of drug-likeness (QED) is 0.477. The molecule has 0 saturated heterocycles. The van der Waals surface area contributed by atoms with E-state index in [1.165, 1.54) is 0 Å². The summed E-state index contributed by atoms with van der Waals surface area (Å²) < 4.78 is 1.75. The second-order valence-corrected chi connectivity index (χ2v) is 6.97. The minimum Gasteiger partial charge on any atom is -0.336 e. The Morgan fingerprint density at radius 2 is 1.80 bits per heavy atom. The smallest absolute Gasteiger partial charge is 0.159 e. The summed E-state index contributed by atoms with van der Waals surface area (Å²) in [6.45, 7) is 0. The Hall–Kier alpha value is -4.40. The number of hydrogen-bond acceptors (Lipinski definition) is 6. The lowest BCUT2D eigenvalue weighted by Crippen LogP contribution is -1.86. The Bertz CT molecular complexity index is 1510. The zero-order valence-corrected chi connectivity index (χ0v) is 15.9. The number of aryl methyl sites for hydroxylation is 1. The van der Waals surface area contributed by atoms with Gasteiger partial charge in [-0.25, -0.2) is 4.98 Å². The third kappa shape index (κ3) is 2.56. The van der Waals surface area contributed by atoms with E-state index in [0.29, 0.717) is 5.82 Å². The molecule has 6 heterocycles. The average molecular weight is 393 g/mol. The van der Waals surface area contributed by atoms with Gasteiger partial charge in [-0.1, -0.05) is 0 Å². The summed E-state index contributed by atoms with van der Waals surface area (Å²) in [6, 6.07) is 7.76. The maximum Gasteiger partial charge on any atom is 0.159 e. The van der Waals surface area contributed by atoms with Gasteiger partial charge in [0.05, 0.1) is 34.8 Å². The van der Waals surface area contributed by atoms with Gasteiger partial charge in [-0.15, -0.1) is 0 Å².